The molecule has 1 aliphatic carbocycles. The summed E-state index contributed by atoms with van der Waals surface area (Å²) in [6, 6.07) is 0.132. The first kappa shape index (κ1) is 18.0. The molecule has 0 spiro atoms. The average molecular weight is 348 g/mol. The normalized spacial score (nSPS) is 25.2. The van der Waals surface area contributed by atoms with Crippen LogP contribution < -0.4 is 5.32 Å². The van der Waals surface area contributed by atoms with E-state index in [1.807, 2.05) is 0 Å². The summed E-state index contributed by atoms with van der Waals surface area (Å²) in [4.78, 5) is 12.3. The van der Waals surface area contributed by atoms with Gasteiger partial charge in [0.25, 0.3) is 0 Å². The van der Waals surface area contributed by atoms with E-state index >= 15 is 0 Å². The van der Waals surface area contributed by atoms with Crippen LogP contribution in [0.2, 0.25) is 0 Å². The molecule has 1 unspecified atom stereocenters. The molecule has 118 valence electrons. The average Bonchev–Trinajstić information content (AvgIpc) is 2.38. The van der Waals surface area contributed by atoms with Gasteiger partial charge in [-0.1, -0.05) is 36.7 Å². The van der Waals surface area contributed by atoms with Crippen LogP contribution in [-0.2, 0) is 9.53 Å². The maximum atomic E-state index is 12.3. The number of carbonyl (C=O) groups is 1. The highest BCUT2D eigenvalue weighted by Crippen LogP contribution is 2.39. The lowest BCUT2D eigenvalue weighted by Gasteiger charge is -2.36. The van der Waals surface area contributed by atoms with Crippen molar-refractivity contribution in [1.82, 2.24) is 5.32 Å². The Labute approximate surface area is 132 Å². The summed E-state index contributed by atoms with van der Waals surface area (Å²) >= 11 is 3.43. The van der Waals surface area contributed by atoms with Crippen molar-refractivity contribution in [3.8, 4) is 0 Å². The van der Waals surface area contributed by atoms with Gasteiger partial charge in [0, 0.05) is 18.4 Å². The second-order valence-corrected chi connectivity index (χ2v) is 7.85. The van der Waals surface area contributed by atoms with Crippen LogP contribution in [0.3, 0.4) is 0 Å². The molecule has 20 heavy (non-hydrogen) atoms. The van der Waals surface area contributed by atoms with Gasteiger partial charge in [0.05, 0.1) is 12.6 Å². The van der Waals surface area contributed by atoms with Crippen LogP contribution >= 0.6 is 15.9 Å². The van der Waals surface area contributed by atoms with Gasteiger partial charge in [-0.25, -0.2) is 0 Å². The van der Waals surface area contributed by atoms with Crippen molar-refractivity contribution in [3.63, 3.8) is 0 Å². The fraction of sp³-hybridized carbons (Fsp3) is 0.938. The van der Waals surface area contributed by atoms with Crippen molar-refractivity contribution < 1.29 is 9.53 Å². The second-order valence-electron chi connectivity index (χ2n) is 7.05. The van der Waals surface area contributed by atoms with Crippen molar-refractivity contribution in [2.24, 2.45) is 17.3 Å². The summed E-state index contributed by atoms with van der Waals surface area (Å²) in [5.74, 6) is 1.17. The molecule has 0 aromatic carbocycles. The van der Waals surface area contributed by atoms with E-state index in [1.54, 1.807) is 7.11 Å². The summed E-state index contributed by atoms with van der Waals surface area (Å²) in [6.07, 6.45) is 5.32. The molecule has 1 N–H and O–H groups in total. The molecule has 0 aromatic heterocycles. The fourth-order valence-corrected chi connectivity index (χ4v) is 3.62. The van der Waals surface area contributed by atoms with E-state index in [9.17, 15) is 4.79 Å². The van der Waals surface area contributed by atoms with Crippen molar-refractivity contribution in [2.45, 2.75) is 58.9 Å². The summed E-state index contributed by atoms with van der Waals surface area (Å²) in [6.45, 7) is 7.52. The van der Waals surface area contributed by atoms with Gasteiger partial charge in [0.15, 0.2) is 0 Å². The van der Waals surface area contributed by atoms with E-state index in [0.717, 1.165) is 30.5 Å². The molecular formula is C16H30BrNO2. The largest absolute Gasteiger partial charge is 0.383 e. The standard InChI is InChI=1S/C16H30BrNO2/c1-16(2,3)13-7-5-12(6-8-13)15(19)18-14(9-10-17)11-20-4/h12-14H,5-11H2,1-4H3,(H,18,19). The van der Waals surface area contributed by atoms with E-state index in [4.69, 9.17) is 4.74 Å². The zero-order valence-electron chi connectivity index (χ0n) is 13.4. The number of methoxy groups -OCH3 is 1. The molecule has 0 heterocycles. The molecule has 1 aliphatic rings. The molecule has 0 bridgehead atoms. The lowest BCUT2D eigenvalue weighted by molar-refractivity contribution is -0.127. The van der Waals surface area contributed by atoms with Crippen molar-refractivity contribution in [2.75, 3.05) is 19.0 Å². The molecule has 1 saturated carbocycles. The van der Waals surface area contributed by atoms with Crippen LogP contribution in [-0.4, -0.2) is 31.0 Å². The zero-order valence-corrected chi connectivity index (χ0v) is 15.0. The third-order valence-corrected chi connectivity index (χ3v) is 4.95. The summed E-state index contributed by atoms with van der Waals surface area (Å²) in [5, 5.41) is 4.04. The number of amides is 1. The highest BCUT2D eigenvalue weighted by atomic mass is 79.9. The molecule has 0 aromatic rings. The topological polar surface area (TPSA) is 38.3 Å². The first-order valence-electron chi connectivity index (χ1n) is 7.73. The number of nitrogens with one attached hydrogen (secondary N) is 1. The van der Waals surface area contributed by atoms with Crippen LogP contribution in [0.4, 0.5) is 0 Å². The summed E-state index contributed by atoms with van der Waals surface area (Å²) in [7, 11) is 1.68. The number of carbonyl (C=O) groups excluding carboxylic acids is 1. The smallest absolute Gasteiger partial charge is 0.223 e. The molecule has 1 atom stereocenters. The Bertz CT molecular complexity index is 287. The van der Waals surface area contributed by atoms with Gasteiger partial charge in [0.2, 0.25) is 5.91 Å². The van der Waals surface area contributed by atoms with Gasteiger partial charge in [-0.2, -0.15) is 0 Å². The SMILES string of the molecule is COCC(CCBr)NC(=O)C1CCC(C(C)(C)C)CC1. The third-order valence-electron chi connectivity index (χ3n) is 4.49. The number of alkyl halides is 1. The minimum atomic E-state index is 0.132. The number of ether oxygens (including phenoxy) is 1. The monoisotopic (exact) mass is 347 g/mol. The van der Waals surface area contributed by atoms with Crippen molar-refractivity contribution >= 4 is 21.8 Å². The van der Waals surface area contributed by atoms with Crippen LogP contribution in [0.25, 0.3) is 0 Å². The van der Waals surface area contributed by atoms with Crippen LogP contribution in [0, 0.1) is 17.3 Å². The maximum Gasteiger partial charge on any atom is 0.223 e. The number of halogens is 1. The highest BCUT2D eigenvalue weighted by Gasteiger charge is 2.32. The summed E-state index contributed by atoms with van der Waals surface area (Å²) < 4.78 is 5.17. The van der Waals surface area contributed by atoms with E-state index in [2.05, 4.69) is 42.0 Å². The first-order valence-corrected chi connectivity index (χ1v) is 8.86. The van der Waals surface area contributed by atoms with E-state index in [-0.39, 0.29) is 17.9 Å². The van der Waals surface area contributed by atoms with Gasteiger partial charge < -0.3 is 10.1 Å². The Morgan fingerprint density at radius 1 is 1.30 bits per heavy atom. The lowest BCUT2D eigenvalue weighted by atomic mass is 9.69. The Balaban J connectivity index is 2.42. The Kier molecular flexibility index (Phi) is 7.52. The molecule has 0 aliphatic heterocycles. The number of rotatable bonds is 6. The van der Waals surface area contributed by atoms with Gasteiger partial charge in [0.1, 0.15) is 0 Å². The van der Waals surface area contributed by atoms with Crippen LogP contribution in [0.15, 0.2) is 0 Å². The molecule has 1 fully saturated rings. The lowest BCUT2D eigenvalue weighted by Crippen LogP contribution is -2.43. The zero-order chi connectivity index (χ0) is 15.2. The molecule has 0 saturated heterocycles. The van der Waals surface area contributed by atoms with Crippen LogP contribution in [0.5, 0.6) is 0 Å². The molecular weight excluding hydrogens is 318 g/mol. The minimum absolute atomic E-state index is 0.132. The third kappa shape index (κ3) is 5.72. The Morgan fingerprint density at radius 3 is 2.35 bits per heavy atom. The first-order chi connectivity index (χ1) is 9.38. The van der Waals surface area contributed by atoms with E-state index < -0.39 is 0 Å². The van der Waals surface area contributed by atoms with Crippen LogP contribution in [0.1, 0.15) is 52.9 Å². The number of hydrogen-bond donors (Lipinski definition) is 1. The molecule has 1 amide bonds. The van der Waals surface area contributed by atoms with Crippen molar-refractivity contribution in [3.05, 3.63) is 0 Å². The van der Waals surface area contributed by atoms with E-state index in [1.165, 1.54) is 12.8 Å². The minimum Gasteiger partial charge on any atom is -0.383 e. The van der Waals surface area contributed by atoms with Crippen molar-refractivity contribution in [1.29, 1.82) is 0 Å². The predicted molar refractivity (Wildman–Crippen MR) is 87.1 cm³/mol. The fourth-order valence-electron chi connectivity index (χ4n) is 3.07. The number of hydrogen-bond acceptors (Lipinski definition) is 2. The summed E-state index contributed by atoms with van der Waals surface area (Å²) in [5.41, 5.74) is 0.371. The van der Waals surface area contributed by atoms with Gasteiger partial charge in [-0.05, 0) is 43.4 Å². The Hall–Kier alpha value is -0.0900. The Morgan fingerprint density at radius 2 is 1.90 bits per heavy atom. The molecule has 0 radical (unpaired) electrons. The molecule has 4 heteroatoms. The van der Waals surface area contributed by atoms with Gasteiger partial charge >= 0.3 is 0 Å². The highest BCUT2D eigenvalue weighted by molar-refractivity contribution is 9.09. The van der Waals surface area contributed by atoms with E-state index in [0.29, 0.717) is 12.0 Å². The quantitative estimate of drug-likeness (QED) is 0.743. The maximum absolute atomic E-state index is 12.3. The van der Waals surface area contributed by atoms with Gasteiger partial charge in [-0.15, -0.1) is 0 Å². The molecule has 1 rings (SSSR count). The second kappa shape index (κ2) is 8.38. The predicted octanol–water partition coefficient (Wildman–Crippen LogP) is 3.76. The van der Waals surface area contributed by atoms with Gasteiger partial charge in [-0.3, -0.25) is 4.79 Å². The molecule has 3 nitrogen and oxygen atoms in total.